The molecule has 0 unspecified atom stereocenters. The van der Waals surface area contributed by atoms with Crippen molar-refractivity contribution < 1.29 is 4.74 Å². The van der Waals surface area contributed by atoms with Crippen LogP contribution in [0.3, 0.4) is 0 Å². The van der Waals surface area contributed by atoms with E-state index >= 15 is 0 Å². The lowest BCUT2D eigenvalue weighted by Gasteiger charge is -2.28. The molecule has 1 saturated heterocycles. The normalized spacial score (nSPS) is 15.3. The monoisotopic (exact) mass is 428 g/mol. The molecule has 1 N–H and O–H groups in total. The van der Waals surface area contributed by atoms with E-state index in [9.17, 15) is 4.79 Å². The number of anilines is 1. The molecule has 1 aromatic carbocycles. The summed E-state index contributed by atoms with van der Waals surface area (Å²) in [6, 6.07) is 12.2. The van der Waals surface area contributed by atoms with Crippen LogP contribution in [0.5, 0.6) is 0 Å². The fourth-order valence-corrected chi connectivity index (χ4v) is 4.39. The van der Waals surface area contributed by atoms with Crippen molar-refractivity contribution in [3.8, 4) is 11.1 Å². The summed E-state index contributed by atoms with van der Waals surface area (Å²) in [6.07, 6.45) is 5.74. The number of nitrogens with zero attached hydrogens (tertiary/aromatic N) is 3. The zero-order valence-electron chi connectivity index (χ0n) is 18.8. The molecule has 5 rings (SSSR count). The number of aryl methyl sites for hydroxylation is 2. The van der Waals surface area contributed by atoms with Crippen LogP contribution in [0.4, 0.5) is 5.69 Å². The number of ether oxygens (including phenoxy) is 1. The Labute approximate surface area is 187 Å². The smallest absolute Gasteiger partial charge is 0.251 e. The minimum absolute atomic E-state index is 0.0140. The molecule has 0 radical (unpaired) electrons. The highest BCUT2D eigenvalue weighted by Crippen LogP contribution is 2.30. The van der Waals surface area contributed by atoms with Gasteiger partial charge in [-0.15, -0.1) is 0 Å². The molecule has 32 heavy (non-hydrogen) atoms. The SMILES string of the molecule is Cc1ccc([C@@H](C)n2ccc(-c3c[nH]c4ncc(N5CCOCC5)cc34)cc2=O)cc1C. The van der Waals surface area contributed by atoms with Crippen LogP contribution in [0.1, 0.15) is 29.7 Å². The van der Waals surface area contributed by atoms with Crippen molar-refractivity contribution in [3.63, 3.8) is 0 Å². The van der Waals surface area contributed by atoms with Gasteiger partial charge in [-0.3, -0.25) is 4.79 Å². The van der Waals surface area contributed by atoms with E-state index < -0.39 is 0 Å². The highest BCUT2D eigenvalue weighted by molar-refractivity contribution is 5.95. The molecule has 4 heterocycles. The molecule has 1 aliphatic rings. The molecule has 164 valence electrons. The fraction of sp³-hybridized carbons (Fsp3) is 0.308. The van der Waals surface area contributed by atoms with Crippen LogP contribution in [0.25, 0.3) is 22.2 Å². The van der Waals surface area contributed by atoms with Crippen molar-refractivity contribution >= 4 is 16.7 Å². The second-order valence-electron chi connectivity index (χ2n) is 8.57. The molecule has 1 atom stereocenters. The van der Waals surface area contributed by atoms with E-state index in [-0.39, 0.29) is 11.6 Å². The van der Waals surface area contributed by atoms with Crippen LogP contribution >= 0.6 is 0 Å². The van der Waals surface area contributed by atoms with Gasteiger partial charge in [-0.2, -0.15) is 0 Å². The largest absolute Gasteiger partial charge is 0.378 e. The molecule has 0 spiro atoms. The summed E-state index contributed by atoms with van der Waals surface area (Å²) in [4.78, 5) is 23.2. The van der Waals surface area contributed by atoms with Crippen molar-refractivity contribution in [2.75, 3.05) is 31.2 Å². The summed E-state index contributed by atoms with van der Waals surface area (Å²) in [5.41, 5.74) is 7.41. The Morgan fingerprint density at radius 3 is 2.62 bits per heavy atom. The van der Waals surface area contributed by atoms with E-state index in [1.807, 2.05) is 24.7 Å². The van der Waals surface area contributed by atoms with Gasteiger partial charge in [0.15, 0.2) is 0 Å². The zero-order valence-corrected chi connectivity index (χ0v) is 18.8. The number of morpholine rings is 1. The second-order valence-corrected chi connectivity index (χ2v) is 8.57. The number of nitrogens with one attached hydrogen (secondary N) is 1. The lowest BCUT2D eigenvalue weighted by Crippen LogP contribution is -2.36. The predicted octanol–water partition coefficient (Wildman–Crippen LogP) is 4.45. The summed E-state index contributed by atoms with van der Waals surface area (Å²) in [5, 5.41) is 1.02. The Bertz CT molecular complexity index is 1330. The molecule has 6 heteroatoms. The number of aromatic amines is 1. The van der Waals surface area contributed by atoms with Gasteiger partial charge in [-0.05, 0) is 55.2 Å². The molecule has 1 fully saturated rings. The Kier molecular flexibility index (Phi) is 5.31. The molecule has 0 saturated carbocycles. The highest BCUT2D eigenvalue weighted by Gasteiger charge is 2.16. The molecule has 0 aliphatic carbocycles. The van der Waals surface area contributed by atoms with Gasteiger partial charge in [-0.1, -0.05) is 18.2 Å². The van der Waals surface area contributed by atoms with Crippen LogP contribution in [0.15, 0.2) is 59.8 Å². The molecule has 4 aromatic rings. The van der Waals surface area contributed by atoms with Crippen molar-refractivity contribution in [3.05, 3.63) is 82.0 Å². The molecule has 0 bridgehead atoms. The third kappa shape index (κ3) is 3.71. The first-order chi connectivity index (χ1) is 15.5. The minimum Gasteiger partial charge on any atom is -0.378 e. The topological polar surface area (TPSA) is 63.1 Å². The van der Waals surface area contributed by atoms with E-state index in [1.54, 1.807) is 10.6 Å². The van der Waals surface area contributed by atoms with E-state index in [4.69, 9.17) is 4.74 Å². The maximum Gasteiger partial charge on any atom is 0.251 e. The Morgan fingerprint density at radius 2 is 1.88 bits per heavy atom. The average Bonchev–Trinajstić information content (AvgIpc) is 3.24. The summed E-state index contributed by atoms with van der Waals surface area (Å²) in [5.74, 6) is 0. The average molecular weight is 429 g/mol. The van der Waals surface area contributed by atoms with Gasteiger partial charge in [0.05, 0.1) is 31.1 Å². The Hall–Kier alpha value is -3.38. The number of rotatable bonds is 4. The van der Waals surface area contributed by atoms with Gasteiger partial charge in [0.25, 0.3) is 5.56 Å². The van der Waals surface area contributed by atoms with Gasteiger partial charge >= 0.3 is 0 Å². The first-order valence-electron chi connectivity index (χ1n) is 11.1. The number of hydrogen-bond acceptors (Lipinski definition) is 4. The number of H-pyrrole nitrogens is 1. The molecule has 0 amide bonds. The number of aromatic nitrogens is 3. The van der Waals surface area contributed by atoms with Crippen molar-refractivity contribution in [1.29, 1.82) is 0 Å². The fourth-order valence-electron chi connectivity index (χ4n) is 4.39. The van der Waals surface area contributed by atoms with E-state index in [1.165, 1.54) is 11.1 Å². The van der Waals surface area contributed by atoms with E-state index in [2.05, 4.69) is 59.9 Å². The first-order valence-corrected chi connectivity index (χ1v) is 11.1. The Morgan fingerprint density at radius 1 is 1.06 bits per heavy atom. The summed E-state index contributed by atoms with van der Waals surface area (Å²) < 4.78 is 7.26. The van der Waals surface area contributed by atoms with Crippen molar-refractivity contribution in [1.82, 2.24) is 14.5 Å². The predicted molar refractivity (Wildman–Crippen MR) is 129 cm³/mol. The quantitative estimate of drug-likeness (QED) is 0.522. The number of benzene rings is 1. The van der Waals surface area contributed by atoms with Gasteiger partial charge in [-0.25, -0.2) is 4.98 Å². The summed E-state index contributed by atoms with van der Waals surface area (Å²) in [6.45, 7) is 9.46. The molecule has 6 nitrogen and oxygen atoms in total. The van der Waals surface area contributed by atoms with E-state index in [0.717, 1.165) is 59.7 Å². The summed E-state index contributed by atoms with van der Waals surface area (Å²) in [7, 11) is 0. The van der Waals surface area contributed by atoms with Gasteiger partial charge < -0.3 is 19.2 Å². The Balaban J connectivity index is 1.49. The number of fused-ring (bicyclic) bond motifs is 1. The van der Waals surface area contributed by atoms with Crippen LogP contribution in [0, 0.1) is 13.8 Å². The summed E-state index contributed by atoms with van der Waals surface area (Å²) >= 11 is 0. The number of pyridine rings is 2. The van der Waals surface area contributed by atoms with Crippen molar-refractivity contribution in [2.45, 2.75) is 26.8 Å². The van der Waals surface area contributed by atoms with Crippen LogP contribution < -0.4 is 10.5 Å². The third-order valence-corrected chi connectivity index (χ3v) is 6.58. The molecule has 3 aromatic heterocycles. The number of hydrogen-bond donors (Lipinski definition) is 1. The van der Waals surface area contributed by atoms with Gasteiger partial charge in [0.1, 0.15) is 5.65 Å². The maximum atomic E-state index is 13.1. The van der Waals surface area contributed by atoms with Gasteiger partial charge in [0, 0.05) is 42.5 Å². The minimum atomic E-state index is -0.0339. The molecular weight excluding hydrogens is 400 g/mol. The van der Waals surface area contributed by atoms with Crippen molar-refractivity contribution in [2.24, 2.45) is 0 Å². The van der Waals surface area contributed by atoms with E-state index in [0.29, 0.717) is 0 Å². The maximum absolute atomic E-state index is 13.1. The standard InChI is InChI=1S/C26H28N4O2/c1-17-4-5-20(12-18(17)2)19(3)30-7-6-21(13-25(30)31)24-16-28-26-23(24)14-22(15-27-26)29-8-10-32-11-9-29/h4-7,12-16,19H,8-11H2,1-3H3,(H,27,28)/t19-/m1/s1. The first kappa shape index (κ1) is 20.5. The zero-order chi connectivity index (χ0) is 22.2. The molecular formula is C26H28N4O2. The van der Waals surface area contributed by atoms with Crippen LogP contribution in [-0.4, -0.2) is 40.8 Å². The van der Waals surface area contributed by atoms with Gasteiger partial charge in [0.2, 0.25) is 0 Å². The highest BCUT2D eigenvalue weighted by atomic mass is 16.5. The van der Waals surface area contributed by atoms with Crippen LogP contribution in [-0.2, 0) is 4.74 Å². The molecule has 1 aliphatic heterocycles. The third-order valence-electron chi connectivity index (χ3n) is 6.58. The second kappa shape index (κ2) is 8.28. The van der Waals surface area contributed by atoms with Crippen LogP contribution in [0.2, 0.25) is 0 Å². The lowest BCUT2D eigenvalue weighted by atomic mass is 10.0. The lowest BCUT2D eigenvalue weighted by molar-refractivity contribution is 0.122.